The van der Waals surface area contributed by atoms with Crippen LogP contribution in [0.15, 0.2) is 12.1 Å². The van der Waals surface area contributed by atoms with Crippen LogP contribution in [-0.4, -0.2) is 23.1 Å². The first-order valence-corrected chi connectivity index (χ1v) is 6.68. The molecule has 0 spiro atoms. The molecule has 21 heavy (non-hydrogen) atoms. The second-order valence-corrected chi connectivity index (χ2v) is 5.20. The number of nitrogens with one attached hydrogen (secondary N) is 2. The average Bonchev–Trinajstić information content (AvgIpc) is 2.30. The van der Waals surface area contributed by atoms with Crippen molar-refractivity contribution in [3.8, 4) is 0 Å². The lowest BCUT2D eigenvalue weighted by molar-refractivity contribution is 0.0697. The molecule has 0 saturated heterocycles. The van der Waals surface area contributed by atoms with Crippen molar-refractivity contribution in [1.29, 1.82) is 0 Å². The summed E-state index contributed by atoms with van der Waals surface area (Å²) in [6.45, 7) is 1.85. The molecule has 1 unspecified atom stereocenters. The molecule has 1 saturated carbocycles. The molecule has 1 aliphatic carbocycles. The molecule has 1 aromatic carbocycles. The summed E-state index contributed by atoms with van der Waals surface area (Å²) >= 11 is 0. The summed E-state index contributed by atoms with van der Waals surface area (Å²) in [4.78, 5) is 22.8. The number of carbonyl (C=O) groups excluding carboxylic acids is 1. The van der Waals surface area contributed by atoms with E-state index in [1.54, 1.807) is 0 Å². The predicted molar refractivity (Wildman–Crippen MR) is 72.3 cm³/mol. The fraction of sp³-hybridized carbons (Fsp3) is 0.429. The lowest BCUT2D eigenvalue weighted by Crippen LogP contribution is -2.42. The Labute approximate surface area is 120 Å². The maximum Gasteiger partial charge on any atom is 0.337 e. The molecule has 1 aliphatic rings. The van der Waals surface area contributed by atoms with Crippen LogP contribution in [0.4, 0.5) is 19.3 Å². The predicted octanol–water partition coefficient (Wildman–Crippen LogP) is 2.97. The number of carbonyl (C=O) groups is 2. The number of aromatic carboxylic acids is 1. The van der Waals surface area contributed by atoms with Crippen LogP contribution in [0.5, 0.6) is 0 Å². The van der Waals surface area contributed by atoms with Gasteiger partial charge in [0, 0.05) is 12.1 Å². The van der Waals surface area contributed by atoms with Crippen LogP contribution in [-0.2, 0) is 0 Å². The van der Waals surface area contributed by atoms with E-state index in [1.165, 1.54) is 0 Å². The van der Waals surface area contributed by atoms with E-state index in [9.17, 15) is 18.4 Å². The third-order valence-electron chi connectivity index (χ3n) is 3.75. The Hall–Kier alpha value is -2.18. The van der Waals surface area contributed by atoms with E-state index in [-0.39, 0.29) is 11.7 Å². The van der Waals surface area contributed by atoms with Crippen LogP contribution in [0.25, 0.3) is 0 Å². The monoisotopic (exact) mass is 298 g/mol. The summed E-state index contributed by atoms with van der Waals surface area (Å²) < 4.78 is 26.2. The van der Waals surface area contributed by atoms with Crippen LogP contribution in [0.3, 0.4) is 0 Å². The van der Waals surface area contributed by atoms with Crippen LogP contribution >= 0.6 is 0 Å². The van der Waals surface area contributed by atoms with Gasteiger partial charge in [0.05, 0.1) is 11.3 Å². The number of carboxylic acids is 1. The summed E-state index contributed by atoms with van der Waals surface area (Å²) in [6, 6.07) is 0.509. The summed E-state index contributed by atoms with van der Waals surface area (Å²) in [5.74, 6) is -3.54. The molecule has 2 rings (SSSR count). The van der Waals surface area contributed by atoms with E-state index in [2.05, 4.69) is 10.6 Å². The van der Waals surface area contributed by atoms with Crippen molar-refractivity contribution in [3.63, 3.8) is 0 Å². The van der Waals surface area contributed by atoms with Crippen molar-refractivity contribution in [2.24, 2.45) is 5.92 Å². The van der Waals surface area contributed by atoms with E-state index < -0.39 is 29.2 Å². The fourth-order valence-corrected chi connectivity index (χ4v) is 2.25. The number of carboxylic acid groups (broad SMARTS) is 1. The van der Waals surface area contributed by atoms with Gasteiger partial charge in [0.2, 0.25) is 0 Å². The number of hydrogen-bond donors (Lipinski definition) is 3. The lowest BCUT2D eigenvalue weighted by atomic mass is 9.80. The maximum atomic E-state index is 13.2. The van der Waals surface area contributed by atoms with Crippen LogP contribution in [0.1, 0.15) is 36.5 Å². The summed E-state index contributed by atoms with van der Waals surface area (Å²) in [6.07, 6.45) is 3.20. The molecule has 0 radical (unpaired) electrons. The van der Waals surface area contributed by atoms with Gasteiger partial charge in [-0.1, -0.05) is 6.42 Å². The number of hydrogen-bond acceptors (Lipinski definition) is 2. The van der Waals surface area contributed by atoms with Crippen molar-refractivity contribution in [3.05, 3.63) is 29.3 Å². The molecule has 1 fully saturated rings. The van der Waals surface area contributed by atoms with Gasteiger partial charge in [-0.05, 0) is 31.7 Å². The normalized spacial score (nSPS) is 16.0. The van der Waals surface area contributed by atoms with Crippen molar-refractivity contribution >= 4 is 17.7 Å². The standard InChI is InChI=1S/C14H16F2N2O3/c1-7(8-3-2-4-8)17-14(21)18-12-6-11(16)10(15)5-9(12)13(19)20/h5-8H,2-4H2,1H3,(H,19,20)(H2,17,18,21). The van der Waals surface area contributed by atoms with E-state index >= 15 is 0 Å². The molecule has 5 nitrogen and oxygen atoms in total. The first-order valence-electron chi connectivity index (χ1n) is 6.68. The molecule has 0 aliphatic heterocycles. The van der Waals surface area contributed by atoms with Gasteiger partial charge in [0.1, 0.15) is 0 Å². The number of rotatable bonds is 4. The van der Waals surface area contributed by atoms with Gasteiger partial charge in [-0.2, -0.15) is 0 Å². The number of urea groups is 1. The number of anilines is 1. The topological polar surface area (TPSA) is 78.4 Å². The van der Waals surface area contributed by atoms with Gasteiger partial charge >= 0.3 is 12.0 Å². The van der Waals surface area contributed by atoms with Gasteiger partial charge in [0.15, 0.2) is 11.6 Å². The zero-order valence-corrected chi connectivity index (χ0v) is 11.5. The molecular weight excluding hydrogens is 282 g/mol. The molecule has 114 valence electrons. The molecular formula is C14H16F2N2O3. The highest BCUT2D eigenvalue weighted by Crippen LogP contribution is 2.29. The van der Waals surface area contributed by atoms with Crippen molar-refractivity contribution in [2.45, 2.75) is 32.2 Å². The minimum Gasteiger partial charge on any atom is -0.478 e. The van der Waals surface area contributed by atoms with Crippen LogP contribution < -0.4 is 10.6 Å². The van der Waals surface area contributed by atoms with Crippen LogP contribution in [0.2, 0.25) is 0 Å². The Morgan fingerprint density at radius 2 is 1.90 bits per heavy atom. The number of halogens is 2. The number of benzene rings is 1. The van der Waals surface area contributed by atoms with E-state index in [0.717, 1.165) is 19.3 Å². The second kappa shape index (κ2) is 6.07. The molecule has 7 heteroatoms. The van der Waals surface area contributed by atoms with E-state index in [4.69, 9.17) is 5.11 Å². The van der Waals surface area contributed by atoms with Crippen LogP contribution in [0, 0.1) is 17.6 Å². The second-order valence-electron chi connectivity index (χ2n) is 5.20. The highest BCUT2D eigenvalue weighted by atomic mass is 19.2. The molecule has 0 bridgehead atoms. The van der Waals surface area contributed by atoms with E-state index in [1.807, 2.05) is 6.92 Å². The highest BCUT2D eigenvalue weighted by molar-refractivity contribution is 6.00. The third-order valence-corrected chi connectivity index (χ3v) is 3.75. The SMILES string of the molecule is CC(NC(=O)Nc1cc(F)c(F)cc1C(=O)O)C1CCC1. The zero-order valence-electron chi connectivity index (χ0n) is 11.5. The summed E-state index contributed by atoms with van der Waals surface area (Å²) in [7, 11) is 0. The summed E-state index contributed by atoms with van der Waals surface area (Å²) in [5, 5.41) is 13.9. The molecule has 1 aromatic rings. The maximum absolute atomic E-state index is 13.2. The molecule has 1 atom stereocenters. The minimum atomic E-state index is -1.45. The van der Waals surface area contributed by atoms with Gasteiger partial charge in [-0.15, -0.1) is 0 Å². The summed E-state index contributed by atoms with van der Waals surface area (Å²) in [5.41, 5.74) is -0.778. The Morgan fingerprint density at radius 1 is 1.29 bits per heavy atom. The minimum absolute atomic E-state index is 0.0580. The van der Waals surface area contributed by atoms with Gasteiger partial charge in [-0.25, -0.2) is 18.4 Å². The largest absolute Gasteiger partial charge is 0.478 e. The van der Waals surface area contributed by atoms with Gasteiger partial charge in [-0.3, -0.25) is 0 Å². The highest BCUT2D eigenvalue weighted by Gasteiger charge is 2.25. The Kier molecular flexibility index (Phi) is 4.40. The Bertz CT molecular complexity index is 574. The average molecular weight is 298 g/mol. The van der Waals surface area contributed by atoms with Crippen molar-refractivity contribution < 1.29 is 23.5 Å². The molecule has 3 N–H and O–H groups in total. The van der Waals surface area contributed by atoms with Crippen molar-refractivity contribution in [2.75, 3.05) is 5.32 Å². The smallest absolute Gasteiger partial charge is 0.337 e. The molecule has 0 heterocycles. The third kappa shape index (κ3) is 3.48. The van der Waals surface area contributed by atoms with Crippen molar-refractivity contribution in [1.82, 2.24) is 5.32 Å². The first kappa shape index (κ1) is 15.2. The molecule has 0 aromatic heterocycles. The fourth-order valence-electron chi connectivity index (χ4n) is 2.25. The van der Waals surface area contributed by atoms with Gasteiger partial charge in [0.25, 0.3) is 0 Å². The Morgan fingerprint density at radius 3 is 2.43 bits per heavy atom. The lowest BCUT2D eigenvalue weighted by Gasteiger charge is -2.31. The quantitative estimate of drug-likeness (QED) is 0.799. The zero-order chi connectivity index (χ0) is 15.6. The van der Waals surface area contributed by atoms with Gasteiger partial charge < -0.3 is 15.7 Å². The molecule has 2 amide bonds. The van der Waals surface area contributed by atoms with E-state index in [0.29, 0.717) is 18.1 Å². The number of amides is 2. The first-order chi connectivity index (χ1) is 9.88. The Balaban J connectivity index is 2.09.